The number of carbonyl (C=O) groups excluding carboxylic acids is 1. The van der Waals surface area contributed by atoms with Crippen LogP contribution in [0.3, 0.4) is 0 Å². The van der Waals surface area contributed by atoms with Crippen LogP contribution in [-0.4, -0.2) is 46.5 Å². The van der Waals surface area contributed by atoms with Crippen molar-refractivity contribution in [1.82, 2.24) is 14.3 Å². The van der Waals surface area contributed by atoms with Crippen LogP contribution in [0.2, 0.25) is 0 Å². The molecule has 26 heavy (non-hydrogen) atoms. The average molecular weight is 351 g/mol. The zero-order valence-electron chi connectivity index (χ0n) is 15.6. The van der Waals surface area contributed by atoms with Crippen LogP contribution in [0.15, 0.2) is 48.8 Å². The monoisotopic (exact) mass is 351 g/mol. The number of benzene rings is 1. The van der Waals surface area contributed by atoms with Crippen molar-refractivity contribution in [3.63, 3.8) is 0 Å². The van der Waals surface area contributed by atoms with E-state index in [1.54, 1.807) is 0 Å². The second kappa shape index (κ2) is 8.15. The molecule has 5 heteroatoms. The Kier molecular flexibility index (Phi) is 5.68. The number of aryl methyl sites for hydroxylation is 1. The Morgan fingerprint density at radius 1 is 1.00 bits per heavy atom. The lowest BCUT2D eigenvalue weighted by molar-refractivity contribution is 0.0303. The largest absolute Gasteiger partial charge is 0.378 e. The molecule has 5 nitrogen and oxygen atoms in total. The number of ether oxygens (including phenoxy) is 1. The summed E-state index contributed by atoms with van der Waals surface area (Å²) in [6.45, 7) is 8.60. The molecule has 0 aliphatic carbocycles. The van der Waals surface area contributed by atoms with Crippen molar-refractivity contribution in [1.29, 1.82) is 0 Å². The maximum Gasteiger partial charge on any atom is 0.254 e. The van der Waals surface area contributed by atoms with Crippen LogP contribution < -0.4 is 0 Å². The van der Waals surface area contributed by atoms with Crippen molar-refractivity contribution in [2.75, 3.05) is 26.3 Å². The second-order valence-corrected chi connectivity index (χ2v) is 6.03. The fourth-order valence-electron chi connectivity index (χ4n) is 3.03. The molecule has 1 aliphatic rings. The minimum absolute atomic E-state index is 0.0748. The van der Waals surface area contributed by atoms with E-state index in [0.717, 1.165) is 28.0 Å². The normalized spacial score (nSPS) is 14.0. The molecule has 1 fully saturated rings. The van der Waals surface area contributed by atoms with Crippen molar-refractivity contribution in [3.05, 3.63) is 60.0 Å². The zero-order chi connectivity index (χ0) is 18.5. The van der Waals surface area contributed by atoms with Gasteiger partial charge in [0, 0.05) is 36.7 Å². The standard InChI is InChI=1S/C19H19N3O2.C2H6/c1-14-12-20-18-7-6-17(13-22(14)18)15-2-4-16(5-3-15)19(23)21-8-10-24-11-9-21;1-2/h2-7,12-13H,8-11H2,1H3;1-2H3. The number of rotatable bonds is 2. The van der Waals surface area contributed by atoms with Crippen molar-refractivity contribution >= 4 is 11.6 Å². The minimum atomic E-state index is 0.0748. The average Bonchev–Trinajstić information content (AvgIpc) is 3.10. The fourth-order valence-corrected chi connectivity index (χ4v) is 3.03. The predicted molar refractivity (Wildman–Crippen MR) is 103 cm³/mol. The Labute approximate surface area is 154 Å². The van der Waals surface area contributed by atoms with Gasteiger partial charge >= 0.3 is 0 Å². The Morgan fingerprint density at radius 2 is 1.65 bits per heavy atom. The number of fused-ring (bicyclic) bond motifs is 1. The number of amides is 1. The molecule has 0 bridgehead atoms. The highest BCUT2D eigenvalue weighted by atomic mass is 16.5. The van der Waals surface area contributed by atoms with E-state index in [4.69, 9.17) is 4.74 Å². The van der Waals surface area contributed by atoms with Gasteiger partial charge in [-0.05, 0) is 42.3 Å². The van der Waals surface area contributed by atoms with Crippen molar-refractivity contribution < 1.29 is 9.53 Å². The highest BCUT2D eigenvalue weighted by Crippen LogP contribution is 2.22. The summed E-state index contributed by atoms with van der Waals surface area (Å²) in [6.07, 6.45) is 3.94. The van der Waals surface area contributed by atoms with Gasteiger partial charge in [0.05, 0.1) is 13.2 Å². The first-order valence-corrected chi connectivity index (χ1v) is 9.13. The van der Waals surface area contributed by atoms with Gasteiger partial charge in [-0.25, -0.2) is 4.98 Å². The molecule has 1 aliphatic heterocycles. The van der Waals surface area contributed by atoms with Gasteiger partial charge in [0.1, 0.15) is 5.65 Å². The Morgan fingerprint density at radius 3 is 2.35 bits per heavy atom. The number of aromatic nitrogens is 2. The van der Waals surface area contributed by atoms with Crippen LogP contribution in [-0.2, 0) is 4.74 Å². The first kappa shape index (κ1) is 18.1. The van der Waals surface area contributed by atoms with Crippen LogP contribution in [0, 0.1) is 6.92 Å². The number of pyridine rings is 1. The molecule has 4 rings (SSSR count). The SMILES string of the molecule is CC.Cc1cnc2ccc(-c3ccc(C(=O)N4CCOCC4)cc3)cn12. The van der Waals surface area contributed by atoms with Gasteiger partial charge in [0.2, 0.25) is 0 Å². The maximum atomic E-state index is 12.5. The van der Waals surface area contributed by atoms with Gasteiger partial charge < -0.3 is 14.0 Å². The highest BCUT2D eigenvalue weighted by Gasteiger charge is 2.18. The van der Waals surface area contributed by atoms with Gasteiger partial charge in [-0.1, -0.05) is 26.0 Å². The van der Waals surface area contributed by atoms with Gasteiger partial charge in [-0.2, -0.15) is 0 Å². The second-order valence-electron chi connectivity index (χ2n) is 6.03. The Bertz CT molecular complexity index is 878. The molecule has 1 amide bonds. The van der Waals surface area contributed by atoms with E-state index >= 15 is 0 Å². The van der Waals surface area contributed by atoms with Crippen molar-refractivity contribution in [2.24, 2.45) is 0 Å². The van der Waals surface area contributed by atoms with Gasteiger partial charge in [-0.15, -0.1) is 0 Å². The molecule has 1 saturated heterocycles. The summed E-state index contributed by atoms with van der Waals surface area (Å²) in [4.78, 5) is 18.7. The molecule has 0 spiro atoms. The molecule has 3 heterocycles. The van der Waals surface area contributed by atoms with Crippen LogP contribution in [0.5, 0.6) is 0 Å². The summed E-state index contributed by atoms with van der Waals surface area (Å²) < 4.78 is 7.37. The first-order valence-electron chi connectivity index (χ1n) is 9.13. The summed E-state index contributed by atoms with van der Waals surface area (Å²) in [5.74, 6) is 0.0748. The lowest BCUT2D eigenvalue weighted by atomic mass is 10.0. The molecule has 0 N–H and O–H groups in total. The number of nitrogens with zero attached hydrogens (tertiary/aromatic N) is 3. The third-order valence-electron chi connectivity index (χ3n) is 4.45. The van der Waals surface area contributed by atoms with Gasteiger partial charge in [0.15, 0.2) is 0 Å². The molecule has 0 saturated carbocycles. The third-order valence-corrected chi connectivity index (χ3v) is 4.45. The topological polar surface area (TPSA) is 46.8 Å². The summed E-state index contributed by atoms with van der Waals surface area (Å²) in [6, 6.07) is 11.9. The molecule has 0 atom stereocenters. The van der Waals surface area contributed by atoms with E-state index in [2.05, 4.69) is 21.6 Å². The van der Waals surface area contributed by atoms with E-state index in [0.29, 0.717) is 26.3 Å². The van der Waals surface area contributed by atoms with Crippen molar-refractivity contribution in [2.45, 2.75) is 20.8 Å². The molecule has 0 unspecified atom stereocenters. The summed E-state index contributed by atoms with van der Waals surface area (Å²) in [5.41, 5.74) is 4.96. The molecular formula is C21H25N3O2. The number of carbonyl (C=O) groups is 1. The maximum absolute atomic E-state index is 12.5. The zero-order valence-corrected chi connectivity index (χ0v) is 15.6. The van der Waals surface area contributed by atoms with E-state index < -0.39 is 0 Å². The minimum Gasteiger partial charge on any atom is -0.378 e. The smallest absolute Gasteiger partial charge is 0.254 e. The summed E-state index contributed by atoms with van der Waals surface area (Å²) in [5, 5.41) is 0. The molecule has 136 valence electrons. The number of morpholine rings is 1. The fraction of sp³-hybridized carbons (Fsp3) is 0.333. The predicted octanol–water partition coefficient (Wildman–Crippen LogP) is 3.81. The Balaban J connectivity index is 0.000000948. The lowest BCUT2D eigenvalue weighted by Gasteiger charge is -2.26. The molecular weight excluding hydrogens is 326 g/mol. The first-order chi connectivity index (χ1) is 12.7. The van der Waals surface area contributed by atoms with E-state index in [1.807, 2.05) is 62.2 Å². The van der Waals surface area contributed by atoms with Crippen LogP contribution in [0.25, 0.3) is 16.8 Å². The number of hydrogen-bond acceptors (Lipinski definition) is 3. The molecule has 2 aromatic heterocycles. The summed E-state index contributed by atoms with van der Waals surface area (Å²) in [7, 11) is 0. The van der Waals surface area contributed by atoms with E-state index in [9.17, 15) is 4.79 Å². The number of imidazole rings is 1. The quantitative estimate of drug-likeness (QED) is 0.705. The number of hydrogen-bond donors (Lipinski definition) is 0. The van der Waals surface area contributed by atoms with Crippen LogP contribution >= 0.6 is 0 Å². The Hall–Kier alpha value is -2.66. The van der Waals surface area contributed by atoms with Crippen LogP contribution in [0.4, 0.5) is 0 Å². The third kappa shape index (κ3) is 3.63. The van der Waals surface area contributed by atoms with E-state index in [1.165, 1.54) is 0 Å². The van der Waals surface area contributed by atoms with Crippen molar-refractivity contribution in [3.8, 4) is 11.1 Å². The van der Waals surface area contributed by atoms with Gasteiger partial charge in [0.25, 0.3) is 5.91 Å². The van der Waals surface area contributed by atoms with Crippen LogP contribution in [0.1, 0.15) is 29.9 Å². The molecule has 0 radical (unpaired) electrons. The molecule has 1 aromatic carbocycles. The van der Waals surface area contributed by atoms with E-state index in [-0.39, 0.29) is 5.91 Å². The summed E-state index contributed by atoms with van der Waals surface area (Å²) >= 11 is 0. The highest BCUT2D eigenvalue weighted by molar-refractivity contribution is 5.94. The lowest BCUT2D eigenvalue weighted by Crippen LogP contribution is -2.40. The molecule has 3 aromatic rings. The van der Waals surface area contributed by atoms with Gasteiger partial charge in [-0.3, -0.25) is 4.79 Å².